The average Bonchev–Trinajstić information content (AvgIpc) is 3.39. The van der Waals surface area contributed by atoms with Gasteiger partial charge in [-0.2, -0.15) is 15.1 Å². The summed E-state index contributed by atoms with van der Waals surface area (Å²) in [5.74, 6) is -0.506. The number of amides is 1. The van der Waals surface area contributed by atoms with Crippen LogP contribution in [-0.2, 0) is 4.79 Å². The number of furan rings is 1. The Morgan fingerprint density at radius 1 is 1.29 bits per heavy atom. The van der Waals surface area contributed by atoms with E-state index in [9.17, 15) is 9.59 Å². The Labute approximate surface area is 182 Å². The number of carboxylic acid groups (broad SMARTS) is 1. The minimum atomic E-state index is -1.03. The monoisotopic (exact) mass is 436 g/mol. The zero-order valence-corrected chi connectivity index (χ0v) is 17.8. The molecule has 158 valence electrons. The maximum atomic E-state index is 12.6. The molecule has 0 radical (unpaired) electrons. The molecule has 3 heterocycles. The molecule has 8 nitrogen and oxygen atoms in total. The highest BCUT2D eigenvalue weighted by Crippen LogP contribution is 2.33. The highest BCUT2D eigenvalue weighted by Gasteiger charge is 2.37. The van der Waals surface area contributed by atoms with Crippen LogP contribution in [0.25, 0.3) is 17.4 Å². The van der Waals surface area contributed by atoms with Crippen LogP contribution in [0.2, 0.25) is 0 Å². The molecule has 2 N–H and O–H groups in total. The molecule has 1 aromatic heterocycles. The van der Waals surface area contributed by atoms with E-state index >= 15 is 0 Å². The number of rotatable bonds is 6. The van der Waals surface area contributed by atoms with Crippen molar-refractivity contribution in [2.75, 3.05) is 0 Å². The van der Waals surface area contributed by atoms with Gasteiger partial charge in [0.1, 0.15) is 16.6 Å². The van der Waals surface area contributed by atoms with Crippen LogP contribution in [-0.4, -0.2) is 38.0 Å². The summed E-state index contributed by atoms with van der Waals surface area (Å²) in [7, 11) is 0. The third-order valence-electron chi connectivity index (χ3n) is 5.11. The smallest absolute Gasteiger partial charge is 0.335 e. The molecule has 2 aromatic rings. The van der Waals surface area contributed by atoms with Gasteiger partial charge in [-0.05, 0) is 54.9 Å². The second-order valence-corrected chi connectivity index (χ2v) is 8.05. The molecule has 0 saturated heterocycles. The van der Waals surface area contributed by atoms with Crippen molar-refractivity contribution in [3.05, 3.63) is 53.3 Å². The lowest BCUT2D eigenvalue weighted by molar-refractivity contribution is -0.114. The standard InChI is InChI=1S/C22H20N4O4S/c1-3-12(4-2)20-25-26-18(23)16(19(27)24-22(26)31-20)11-15-8-9-17(30-15)13-6-5-7-14(10-13)21(28)29/h5-12,23H,3-4H2,1-2H3,(H,28,29). The number of carbonyl (C=O) groups excluding carboxylic acids is 1. The van der Waals surface area contributed by atoms with Crippen LogP contribution in [0.1, 0.15) is 42.8 Å². The maximum absolute atomic E-state index is 12.6. The fourth-order valence-corrected chi connectivity index (χ4v) is 4.50. The number of nitrogens with one attached hydrogen (secondary N) is 1. The zero-order chi connectivity index (χ0) is 22.1. The lowest BCUT2D eigenvalue weighted by Crippen LogP contribution is -2.35. The Bertz CT molecular complexity index is 1170. The molecule has 1 aromatic carbocycles. The largest absolute Gasteiger partial charge is 0.478 e. The van der Waals surface area contributed by atoms with E-state index in [2.05, 4.69) is 23.9 Å². The summed E-state index contributed by atoms with van der Waals surface area (Å²) in [6.07, 6.45) is 3.31. The second-order valence-electron chi connectivity index (χ2n) is 7.06. The van der Waals surface area contributed by atoms with Gasteiger partial charge in [0.05, 0.1) is 11.1 Å². The third kappa shape index (κ3) is 3.96. The van der Waals surface area contributed by atoms with Crippen LogP contribution in [0, 0.1) is 11.3 Å². The molecule has 9 heteroatoms. The van der Waals surface area contributed by atoms with E-state index in [4.69, 9.17) is 14.9 Å². The Hall–Kier alpha value is -3.46. The molecule has 0 saturated carbocycles. The number of carbonyl (C=O) groups is 2. The fraction of sp³-hybridized carbons (Fsp3) is 0.227. The summed E-state index contributed by atoms with van der Waals surface area (Å²) in [6.45, 7) is 4.16. The Morgan fingerprint density at radius 2 is 2.06 bits per heavy atom. The first kappa shape index (κ1) is 20.8. The number of carboxylic acids is 1. The zero-order valence-electron chi connectivity index (χ0n) is 17.0. The van der Waals surface area contributed by atoms with Gasteiger partial charge in [-0.25, -0.2) is 4.79 Å². The first-order valence-electron chi connectivity index (χ1n) is 9.85. The van der Waals surface area contributed by atoms with Crippen LogP contribution >= 0.6 is 11.8 Å². The van der Waals surface area contributed by atoms with Crippen molar-refractivity contribution in [3.63, 3.8) is 0 Å². The number of amidine groups is 2. The number of aliphatic imine (C=N–C) groups is 1. The number of fused-ring (bicyclic) bond motifs is 1. The summed E-state index contributed by atoms with van der Waals surface area (Å²) >= 11 is 1.34. The molecule has 0 aliphatic carbocycles. The van der Waals surface area contributed by atoms with Crippen LogP contribution in [0.4, 0.5) is 0 Å². The van der Waals surface area contributed by atoms with E-state index in [1.165, 1.54) is 35.0 Å². The van der Waals surface area contributed by atoms with Crippen molar-refractivity contribution in [2.24, 2.45) is 16.0 Å². The number of thioether (sulfide) groups is 1. The van der Waals surface area contributed by atoms with Crippen molar-refractivity contribution < 1.29 is 19.1 Å². The number of aromatic carboxylic acids is 1. The summed E-state index contributed by atoms with van der Waals surface area (Å²) in [5, 5.41) is 24.8. The number of hydrogen-bond acceptors (Lipinski definition) is 6. The van der Waals surface area contributed by atoms with E-state index < -0.39 is 11.9 Å². The van der Waals surface area contributed by atoms with Crippen LogP contribution < -0.4 is 0 Å². The molecule has 0 bridgehead atoms. The molecule has 0 spiro atoms. The lowest BCUT2D eigenvalue weighted by Gasteiger charge is -2.19. The quantitative estimate of drug-likeness (QED) is 0.634. The summed E-state index contributed by atoms with van der Waals surface area (Å²) < 4.78 is 5.78. The van der Waals surface area contributed by atoms with Gasteiger partial charge in [-0.1, -0.05) is 26.0 Å². The molecule has 2 aliphatic heterocycles. The van der Waals surface area contributed by atoms with Gasteiger partial charge in [-0.15, -0.1) is 0 Å². The maximum Gasteiger partial charge on any atom is 0.335 e. The second kappa shape index (κ2) is 8.35. The molecular weight excluding hydrogens is 416 g/mol. The fourth-order valence-electron chi connectivity index (χ4n) is 3.34. The van der Waals surface area contributed by atoms with E-state index in [-0.39, 0.29) is 22.9 Å². The molecule has 0 atom stereocenters. The predicted molar refractivity (Wildman–Crippen MR) is 120 cm³/mol. The Morgan fingerprint density at radius 3 is 2.77 bits per heavy atom. The molecule has 0 unspecified atom stereocenters. The SMILES string of the molecule is CCC(CC)C1=NN2C(=N)C(=Cc3ccc(-c4cccc(C(=O)O)c4)o3)C(=O)N=C2S1. The van der Waals surface area contributed by atoms with E-state index in [1.54, 1.807) is 24.3 Å². The lowest BCUT2D eigenvalue weighted by atomic mass is 10.1. The number of hydrazone groups is 1. The molecule has 1 amide bonds. The first-order valence-corrected chi connectivity index (χ1v) is 10.7. The third-order valence-corrected chi connectivity index (χ3v) is 6.18. The van der Waals surface area contributed by atoms with E-state index in [0.717, 1.165) is 17.9 Å². The topological polar surface area (TPSA) is 119 Å². The van der Waals surface area contributed by atoms with Crippen molar-refractivity contribution in [2.45, 2.75) is 26.7 Å². The van der Waals surface area contributed by atoms with Gasteiger partial charge in [0.15, 0.2) is 5.84 Å². The summed E-state index contributed by atoms with van der Waals surface area (Å²) in [4.78, 5) is 27.9. The Kier molecular flexibility index (Phi) is 5.60. The summed E-state index contributed by atoms with van der Waals surface area (Å²) in [6, 6.07) is 9.73. The van der Waals surface area contributed by atoms with E-state index in [0.29, 0.717) is 22.3 Å². The minimum Gasteiger partial charge on any atom is -0.478 e. The van der Waals surface area contributed by atoms with Gasteiger partial charge >= 0.3 is 5.97 Å². The van der Waals surface area contributed by atoms with Gasteiger partial charge in [0.2, 0.25) is 5.17 Å². The Balaban J connectivity index is 1.62. The average molecular weight is 436 g/mol. The molecular formula is C22H20N4O4S. The molecule has 31 heavy (non-hydrogen) atoms. The van der Waals surface area contributed by atoms with Gasteiger partial charge < -0.3 is 9.52 Å². The van der Waals surface area contributed by atoms with Gasteiger partial charge in [-0.3, -0.25) is 10.2 Å². The van der Waals surface area contributed by atoms with Gasteiger partial charge in [0, 0.05) is 11.5 Å². The number of hydrogen-bond donors (Lipinski definition) is 2. The molecule has 4 rings (SSSR count). The van der Waals surface area contributed by atoms with Crippen molar-refractivity contribution >= 4 is 45.8 Å². The summed E-state index contributed by atoms with van der Waals surface area (Å²) in [5.41, 5.74) is 0.835. The predicted octanol–water partition coefficient (Wildman–Crippen LogP) is 4.70. The molecule has 0 fully saturated rings. The highest BCUT2D eigenvalue weighted by molar-refractivity contribution is 8.27. The van der Waals surface area contributed by atoms with Crippen molar-refractivity contribution in [1.82, 2.24) is 5.01 Å². The number of benzene rings is 1. The molecule has 2 aliphatic rings. The van der Waals surface area contributed by atoms with Crippen molar-refractivity contribution in [1.29, 1.82) is 5.41 Å². The van der Waals surface area contributed by atoms with Crippen LogP contribution in [0.5, 0.6) is 0 Å². The van der Waals surface area contributed by atoms with Gasteiger partial charge in [0.25, 0.3) is 5.91 Å². The first-order chi connectivity index (χ1) is 14.9. The number of nitrogens with zero attached hydrogens (tertiary/aromatic N) is 3. The highest BCUT2D eigenvalue weighted by atomic mass is 32.2. The van der Waals surface area contributed by atoms with Crippen LogP contribution in [0.15, 0.2) is 56.5 Å². The van der Waals surface area contributed by atoms with Crippen LogP contribution in [0.3, 0.4) is 0 Å². The van der Waals surface area contributed by atoms with Crippen molar-refractivity contribution in [3.8, 4) is 11.3 Å². The normalized spacial score (nSPS) is 17.3. The van der Waals surface area contributed by atoms with E-state index in [1.807, 2.05) is 0 Å². The minimum absolute atomic E-state index is 0.0470.